The first-order valence-electron chi connectivity index (χ1n) is 9.69. The van der Waals surface area contributed by atoms with Crippen molar-refractivity contribution in [2.45, 2.75) is 38.8 Å². The molecule has 3 N–H and O–H groups in total. The zero-order valence-electron chi connectivity index (χ0n) is 16.6. The standard InChI is InChI=1S/C21H28N4O3/c1-13(22)21(27)25-10-8-15(9-11-25)14(2)23-20(26)17-12-19(28-3)24-18-7-5-4-6-16(17)18/h4-7,12-15H,8-11,22H2,1-3H3,(H,23,26). The Morgan fingerprint density at radius 1 is 1.25 bits per heavy atom. The van der Waals surface area contributed by atoms with Gasteiger partial charge in [-0.3, -0.25) is 9.59 Å². The molecule has 0 radical (unpaired) electrons. The normalized spacial score (nSPS) is 17.2. The molecule has 28 heavy (non-hydrogen) atoms. The number of fused-ring (bicyclic) bond motifs is 1. The number of piperidine rings is 1. The van der Waals surface area contributed by atoms with Gasteiger partial charge in [-0.25, -0.2) is 4.98 Å². The fourth-order valence-corrected chi connectivity index (χ4v) is 3.75. The molecule has 1 aliphatic rings. The number of likely N-dealkylation sites (tertiary alicyclic amines) is 1. The highest BCUT2D eigenvalue weighted by Crippen LogP contribution is 2.24. The van der Waals surface area contributed by atoms with Crippen LogP contribution >= 0.6 is 0 Å². The molecule has 2 unspecified atom stereocenters. The number of pyridine rings is 1. The van der Waals surface area contributed by atoms with Crippen molar-refractivity contribution < 1.29 is 14.3 Å². The van der Waals surface area contributed by atoms with Crippen molar-refractivity contribution in [3.63, 3.8) is 0 Å². The first-order chi connectivity index (χ1) is 13.4. The Hall–Kier alpha value is -2.67. The van der Waals surface area contributed by atoms with Crippen LogP contribution in [0.3, 0.4) is 0 Å². The second-order valence-electron chi connectivity index (χ2n) is 7.44. The maximum absolute atomic E-state index is 13.0. The zero-order chi connectivity index (χ0) is 20.3. The van der Waals surface area contributed by atoms with Gasteiger partial charge in [0, 0.05) is 30.6 Å². The van der Waals surface area contributed by atoms with Crippen molar-refractivity contribution in [3.05, 3.63) is 35.9 Å². The number of carbonyl (C=O) groups is 2. The van der Waals surface area contributed by atoms with Gasteiger partial charge < -0.3 is 20.7 Å². The molecular weight excluding hydrogens is 356 g/mol. The highest BCUT2D eigenvalue weighted by atomic mass is 16.5. The number of benzene rings is 1. The molecule has 1 aromatic carbocycles. The number of rotatable bonds is 5. The summed E-state index contributed by atoms with van der Waals surface area (Å²) in [5.41, 5.74) is 6.98. The van der Waals surface area contributed by atoms with Gasteiger partial charge in [-0.1, -0.05) is 18.2 Å². The third-order valence-corrected chi connectivity index (χ3v) is 5.45. The second kappa shape index (κ2) is 8.56. The van der Waals surface area contributed by atoms with Gasteiger partial charge in [-0.2, -0.15) is 0 Å². The van der Waals surface area contributed by atoms with Crippen molar-refractivity contribution in [2.24, 2.45) is 11.7 Å². The summed E-state index contributed by atoms with van der Waals surface area (Å²) in [7, 11) is 1.54. The van der Waals surface area contributed by atoms with Gasteiger partial charge in [0.15, 0.2) is 0 Å². The SMILES string of the molecule is COc1cc(C(=O)NC(C)C2CCN(C(=O)C(C)N)CC2)c2ccccc2n1. The monoisotopic (exact) mass is 384 g/mol. The summed E-state index contributed by atoms with van der Waals surface area (Å²) < 4.78 is 5.25. The maximum Gasteiger partial charge on any atom is 0.252 e. The average molecular weight is 384 g/mol. The molecule has 0 spiro atoms. The van der Waals surface area contributed by atoms with Crippen molar-refractivity contribution in [1.29, 1.82) is 0 Å². The first kappa shape index (κ1) is 20.1. The lowest BCUT2D eigenvalue weighted by Crippen LogP contribution is -2.49. The minimum atomic E-state index is -0.469. The number of aromatic nitrogens is 1. The minimum Gasteiger partial charge on any atom is -0.481 e. The van der Waals surface area contributed by atoms with Gasteiger partial charge in [0.05, 0.1) is 24.2 Å². The molecule has 7 nitrogen and oxygen atoms in total. The lowest BCUT2D eigenvalue weighted by atomic mass is 9.90. The van der Waals surface area contributed by atoms with Gasteiger partial charge in [-0.05, 0) is 38.7 Å². The van der Waals surface area contributed by atoms with E-state index in [0.717, 1.165) is 23.7 Å². The van der Waals surface area contributed by atoms with E-state index in [2.05, 4.69) is 10.3 Å². The predicted molar refractivity (Wildman–Crippen MR) is 108 cm³/mol. The zero-order valence-corrected chi connectivity index (χ0v) is 16.6. The summed E-state index contributed by atoms with van der Waals surface area (Å²) in [6, 6.07) is 8.73. The van der Waals surface area contributed by atoms with Gasteiger partial charge in [-0.15, -0.1) is 0 Å². The summed E-state index contributed by atoms with van der Waals surface area (Å²) in [6.07, 6.45) is 1.70. The van der Waals surface area contributed by atoms with Crippen LogP contribution in [0.4, 0.5) is 0 Å². The summed E-state index contributed by atoms with van der Waals surface area (Å²) in [5.74, 6) is 0.583. The summed E-state index contributed by atoms with van der Waals surface area (Å²) >= 11 is 0. The number of amides is 2. The van der Waals surface area contributed by atoms with Crippen molar-refractivity contribution >= 4 is 22.7 Å². The summed E-state index contributed by atoms with van der Waals surface area (Å²) in [5, 5.41) is 3.92. The van der Waals surface area contributed by atoms with E-state index in [0.29, 0.717) is 30.5 Å². The second-order valence-corrected chi connectivity index (χ2v) is 7.44. The Morgan fingerprint density at radius 2 is 1.93 bits per heavy atom. The fraction of sp³-hybridized carbons (Fsp3) is 0.476. The third-order valence-electron chi connectivity index (χ3n) is 5.45. The van der Waals surface area contributed by atoms with E-state index in [4.69, 9.17) is 10.5 Å². The molecule has 1 saturated heterocycles. The fourth-order valence-electron chi connectivity index (χ4n) is 3.75. The van der Waals surface area contributed by atoms with E-state index in [1.165, 1.54) is 0 Å². The molecule has 2 atom stereocenters. The van der Waals surface area contributed by atoms with Crippen LogP contribution in [0.2, 0.25) is 0 Å². The molecule has 0 saturated carbocycles. The number of carbonyl (C=O) groups excluding carboxylic acids is 2. The van der Waals surface area contributed by atoms with Crippen LogP contribution in [0.5, 0.6) is 5.88 Å². The summed E-state index contributed by atoms with van der Waals surface area (Å²) in [4.78, 5) is 31.2. The molecule has 2 aromatic rings. The van der Waals surface area contributed by atoms with Crippen LogP contribution in [0, 0.1) is 5.92 Å². The molecule has 150 valence electrons. The van der Waals surface area contributed by atoms with E-state index in [1.54, 1.807) is 20.1 Å². The van der Waals surface area contributed by atoms with E-state index >= 15 is 0 Å². The Bertz CT molecular complexity index is 860. The molecule has 7 heteroatoms. The topological polar surface area (TPSA) is 97.5 Å². The number of nitrogens with zero attached hydrogens (tertiary/aromatic N) is 2. The number of para-hydroxylation sites is 1. The van der Waals surface area contributed by atoms with Crippen molar-refractivity contribution in [2.75, 3.05) is 20.2 Å². The van der Waals surface area contributed by atoms with Crippen LogP contribution in [-0.4, -0.2) is 54.0 Å². The largest absolute Gasteiger partial charge is 0.481 e. The highest BCUT2D eigenvalue weighted by molar-refractivity contribution is 6.06. The number of methoxy groups -OCH3 is 1. The third kappa shape index (κ3) is 4.25. The minimum absolute atomic E-state index is 0.00188. The summed E-state index contributed by atoms with van der Waals surface area (Å²) in [6.45, 7) is 5.09. The quantitative estimate of drug-likeness (QED) is 0.821. The van der Waals surface area contributed by atoms with Gasteiger partial charge >= 0.3 is 0 Å². The molecule has 1 aromatic heterocycles. The molecule has 1 fully saturated rings. The van der Waals surface area contributed by atoms with E-state index < -0.39 is 6.04 Å². The van der Waals surface area contributed by atoms with Gasteiger partial charge in [0.1, 0.15) is 0 Å². The van der Waals surface area contributed by atoms with Crippen LogP contribution in [0.25, 0.3) is 10.9 Å². The Morgan fingerprint density at radius 3 is 2.57 bits per heavy atom. The Labute approximate surface area is 165 Å². The molecule has 2 heterocycles. The number of hydrogen-bond donors (Lipinski definition) is 2. The van der Waals surface area contributed by atoms with Gasteiger partial charge in [0.2, 0.25) is 11.8 Å². The Balaban J connectivity index is 1.69. The average Bonchev–Trinajstić information content (AvgIpc) is 2.72. The number of hydrogen-bond acceptors (Lipinski definition) is 5. The Kier molecular flexibility index (Phi) is 6.14. The lowest BCUT2D eigenvalue weighted by Gasteiger charge is -2.35. The molecule has 0 aliphatic carbocycles. The number of nitrogens with one attached hydrogen (secondary N) is 1. The van der Waals surface area contributed by atoms with Crippen molar-refractivity contribution in [1.82, 2.24) is 15.2 Å². The van der Waals surface area contributed by atoms with Crippen molar-refractivity contribution in [3.8, 4) is 5.88 Å². The smallest absolute Gasteiger partial charge is 0.252 e. The van der Waals surface area contributed by atoms with Crippen LogP contribution < -0.4 is 15.8 Å². The van der Waals surface area contributed by atoms with Crippen LogP contribution in [0.1, 0.15) is 37.0 Å². The molecule has 3 rings (SSSR count). The number of nitrogens with two attached hydrogens (primary N) is 1. The molecule has 2 amide bonds. The van der Waals surface area contributed by atoms with Crippen LogP contribution in [0.15, 0.2) is 30.3 Å². The van der Waals surface area contributed by atoms with Gasteiger partial charge in [0.25, 0.3) is 5.91 Å². The first-order valence-corrected chi connectivity index (χ1v) is 9.69. The number of ether oxygens (including phenoxy) is 1. The maximum atomic E-state index is 13.0. The van der Waals surface area contributed by atoms with E-state index in [9.17, 15) is 9.59 Å². The molecule has 1 aliphatic heterocycles. The molecule has 0 bridgehead atoms. The predicted octanol–water partition coefficient (Wildman–Crippen LogP) is 1.95. The lowest BCUT2D eigenvalue weighted by molar-refractivity contribution is -0.133. The van der Waals surface area contributed by atoms with E-state index in [-0.39, 0.29) is 17.9 Å². The van der Waals surface area contributed by atoms with Crippen LogP contribution in [-0.2, 0) is 4.79 Å². The molecular formula is C21H28N4O3. The van der Waals surface area contributed by atoms with E-state index in [1.807, 2.05) is 36.1 Å². The highest BCUT2D eigenvalue weighted by Gasteiger charge is 2.28.